The van der Waals surface area contributed by atoms with Crippen LogP contribution in [0.15, 0.2) is 53.2 Å². The van der Waals surface area contributed by atoms with Crippen LogP contribution in [0.25, 0.3) is 6.08 Å². The van der Waals surface area contributed by atoms with Crippen LogP contribution in [0.3, 0.4) is 0 Å². The fourth-order valence-electron chi connectivity index (χ4n) is 2.52. The Balaban J connectivity index is 1.49. The fourth-order valence-corrected chi connectivity index (χ4v) is 2.52. The number of carbonyl (C=O) groups excluding carboxylic acids is 2. The minimum atomic E-state index is -0.563. The lowest BCUT2D eigenvalue weighted by Gasteiger charge is -2.28. The Morgan fingerprint density at radius 2 is 2.00 bits per heavy atom. The Bertz CT molecular complexity index is 718. The van der Waals surface area contributed by atoms with E-state index in [2.05, 4.69) is 6.07 Å². The van der Waals surface area contributed by atoms with Gasteiger partial charge >= 0.3 is 5.97 Å². The number of hydrogen-bond donors (Lipinski definition) is 0. The van der Waals surface area contributed by atoms with E-state index < -0.39 is 5.97 Å². The van der Waals surface area contributed by atoms with Gasteiger partial charge in [-0.3, -0.25) is 4.79 Å². The molecule has 0 saturated carbocycles. The lowest BCUT2D eigenvalue weighted by Crippen LogP contribution is -2.38. The van der Waals surface area contributed by atoms with Crippen molar-refractivity contribution in [2.24, 2.45) is 0 Å². The van der Waals surface area contributed by atoms with Crippen molar-refractivity contribution in [3.63, 3.8) is 0 Å². The summed E-state index contributed by atoms with van der Waals surface area (Å²) in [4.78, 5) is 25.5. The lowest BCUT2D eigenvalue weighted by atomic mass is 10.00. The van der Waals surface area contributed by atoms with Crippen molar-refractivity contribution in [3.8, 4) is 0 Å². The Kier molecular flexibility index (Phi) is 4.57. The van der Waals surface area contributed by atoms with Crippen LogP contribution in [0.1, 0.15) is 16.9 Å². The van der Waals surface area contributed by atoms with Gasteiger partial charge in [-0.25, -0.2) is 4.79 Å². The van der Waals surface area contributed by atoms with E-state index in [1.165, 1.54) is 24.0 Å². The number of carbonyl (C=O) groups is 2. The van der Waals surface area contributed by atoms with Crippen LogP contribution in [0, 0.1) is 0 Å². The van der Waals surface area contributed by atoms with E-state index in [9.17, 15) is 9.59 Å². The largest absolute Gasteiger partial charge is 0.465 e. The van der Waals surface area contributed by atoms with Gasteiger partial charge in [0.1, 0.15) is 5.76 Å². The van der Waals surface area contributed by atoms with Gasteiger partial charge in [0.25, 0.3) is 5.91 Å². The zero-order valence-electron chi connectivity index (χ0n) is 12.6. The number of ether oxygens (including phenoxy) is 1. The molecule has 3 rings (SSSR count). The summed E-state index contributed by atoms with van der Waals surface area (Å²) in [6.45, 7) is 0.966. The molecule has 1 aliphatic heterocycles. The van der Waals surface area contributed by atoms with E-state index in [0.29, 0.717) is 18.8 Å². The summed E-state index contributed by atoms with van der Waals surface area (Å²) < 4.78 is 10.1. The van der Waals surface area contributed by atoms with E-state index in [0.717, 1.165) is 12.0 Å². The van der Waals surface area contributed by atoms with Crippen molar-refractivity contribution >= 4 is 18.0 Å². The first-order valence-electron chi connectivity index (χ1n) is 7.45. The summed E-state index contributed by atoms with van der Waals surface area (Å²) >= 11 is 0. The third kappa shape index (κ3) is 3.88. The van der Waals surface area contributed by atoms with Crippen molar-refractivity contribution in [2.45, 2.75) is 13.0 Å². The Labute approximate surface area is 134 Å². The number of fused-ring (bicyclic) bond motifs is 1. The summed E-state index contributed by atoms with van der Waals surface area (Å²) in [6.07, 6.45) is 5.10. The molecule has 1 aromatic carbocycles. The van der Waals surface area contributed by atoms with Crippen LogP contribution < -0.4 is 0 Å². The molecule has 0 atom stereocenters. The molecular weight excluding hydrogens is 294 g/mol. The van der Waals surface area contributed by atoms with Gasteiger partial charge in [-0.2, -0.15) is 0 Å². The van der Waals surface area contributed by atoms with E-state index in [1.807, 2.05) is 18.2 Å². The molecule has 0 aliphatic carbocycles. The predicted octanol–water partition coefficient (Wildman–Crippen LogP) is 2.42. The summed E-state index contributed by atoms with van der Waals surface area (Å²) in [5, 5.41) is 0. The minimum Gasteiger partial charge on any atom is -0.465 e. The number of hydrogen-bond acceptors (Lipinski definition) is 4. The van der Waals surface area contributed by atoms with Gasteiger partial charge in [0, 0.05) is 19.2 Å². The Morgan fingerprint density at radius 3 is 2.78 bits per heavy atom. The lowest BCUT2D eigenvalue weighted by molar-refractivity contribution is -0.148. The quantitative estimate of drug-likeness (QED) is 0.643. The zero-order chi connectivity index (χ0) is 16.1. The van der Waals surface area contributed by atoms with Gasteiger partial charge in [-0.05, 0) is 35.8 Å². The molecule has 5 nitrogen and oxygen atoms in total. The van der Waals surface area contributed by atoms with Gasteiger partial charge in [0.15, 0.2) is 6.61 Å². The first-order chi connectivity index (χ1) is 11.2. The van der Waals surface area contributed by atoms with Gasteiger partial charge in [0.05, 0.1) is 6.26 Å². The minimum absolute atomic E-state index is 0.181. The van der Waals surface area contributed by atoms with Crippen LogP contribution in [0.4, 0.5) is 0 Å². The number of amides is 1. The van der Waals surface area contributed by atoms with Crippen LogP contribution in [0.5, 0.6) is 0 Å². The third-order valence-electron chi connectivity index (χ3n) is 3.75. The van der Waals surface area contributed by atoms with Gasteiger partial charge in [-0.1, -0.05) is 24.3 Å². The molecule has 0 bridgehead atoms. The predicted molar refractivity (Wildman–Crippen MR) is 84.3 cm³/mol. The second-order valence-corrected chi connectivity index (χ2v) is 5.29. The molecule has 1 amide bonds. The Morgan fingerprint density at radius 1 is 1.17 bits per heavy atom. The first-order valence-corrected chi connectivity index (χ1v) is 7.45. The SMILES string of the molecule is O=C(/C=C/c1ccco1)OCC(=O)N1CCc2ccccc2C1. The molecule has 118 valence electrons. The van der Waals surface area contributed by atoms with E-state index in [4.69, 9.17) is 9.15 Å². The molecule has 2 heterocycles. The molecule has 5 heteroatoms. The molecule has 1 aliphatic rings. The van der Waals surface area contributed by atoms with Crippen molar-refractivity contribution in [1.82, 2.24) is 4.90 Å². The third-order valence-corrected chi connectivity index (χ3v) is 3.75. The maximum absolute atomic E-state index is 12.2. The molecule has 0 saturated heterocycles. The van der Waals surface area contributed by atoms with Crippen LogP contribution in [-0.4, -0.2) is 29.9 Å². The number of benzene rings is 1. The van der Waals surface area contributed by atoms with E-state index in [-0.39, 0.29) is 12.5 Å². The molecule has 2 aromatic rings. The van der Waals surface area contributed by atoms with Crippen LogP contribution in [-0.2, 0) is 27.3 Å². The summed E-state index contributed by atoms with van der Waals surface area (Å²) in [7, 11) is 0. The van der Waals surface area contributed by atoms with Crippen molar-refractivity contribution in [1.29, 1.82) is 0 Å². The van der Waals surface area contributed by atoms with Crippen molar-refractivity contribution < 1.29 is 18.7 Å². The van der Waals surface area contributed by atoms with Crippen molar-refractivity contribution in [2.75, 3.05) is 13.2 Å². The monoisotopic (exact) mass is 311 g/mol. The summed E-state index contributed by atoms with van der Waals surface area (Å²) in [5.41, 5.74) is 2.42. The smallest absolute Gasteiger partial charge is 0.331 e. The molecule has 1 aromatic heterocycles. The second kappa shape index (κ2) is 6.96. The molecule has 0 unspecified atom stereocenters. The van der Waals surface area contributed by atoms with Gasteiger partial charge in [0.2, 0.25) is 0 Å². The van der Waals surface area contributed by atoms with Gasteiger partial charge < -0.3 is 14.1 Å². The summed E-state index contributed by atoms with van der Waals surface area (Å²) in [6, 6.07) is 11.5. The summed E-state index contributed by atoms with van der Waals surface area (Å²) in [5.74, 6) is -0.188. The van der Waals surface area contributed by atoms with Crippen molar-refractivity contribution in [3.05, 3.63) is 65.6 Å². The average molecular weight is 311 g/mol. The molecular formula is C18H17NO4. The normalized spacial score (nSPS) is 13.8. The Hall–Kier alpha value is -2.82. The maximum atomic E-state index is 12.2. The standard InChI is InChI=1S/C18H17NO4/c20-17(13-23-18(21)8-7-16-6-3-11-22-16)19-10-9-14-4-1-2-5-15(14)12-19/h1-8,11H,9-10,12-13H2/b8-7+. The molecule has 0 fully saturated rings. The van der Waals surface area contributed by atoms with Crippen LogP contribution >= 0.6 is 0 Å². The highest BCUT2D eigenvalue weighted by molar-refractivity contribution is 5.89. The first kappa shape index (κ1) is 15.1. The zero-order valence-corrected chi connectivity index (χ0v) is 12.6. The van der Waals surface area contributed by atoms with E-state index >= 15 is 0 Å². The second-order valence-electron chi connectivity index (χ2n) is 5.29. The number of furan rings is 1. The van der Waals surface area contributed by atoms with Crippen LogP contribution in [0.2, 0.25) is 0 Å². The van der Waals surface area contributed by atoms with E-state index in [1.54, 1.807) is 17.0 Å². The highest BCUT2D eigenvalue weighted by Gasteiger charge is 2.20. The number of nitrogens with zero attached hydrogens (tertiary/aromatic N) is 1. The molecule has 23 heavy (non-hydrogen) atoms. The highest BCUT2D eigenvalue weighted by atomic mass is 16.5. The topological polar surface area (TPSA) is 59.8 Å². The highest BCUT2D eigenvalue weighted by Crippen LogP contribution is 2.18. The molecule has 0 spiro atoms. The van der Waals surface area contributed by atoms with Gasteiger partial charge in [-0.15, -0.1) is 0 Å². The fraction of sp³-hybridized carbons (Fsp3) is 0.222. The molecule has 0 N–H and O–H groups in total. The molecule has 0 radical (unpaired) electrons. The average Bonchev–Trinajstić information content (AvgIpc) is 3.11. The number of esters is 1. The maximum Gasteiger partial charge on any atom is 0.331 e. The number of rotatable bonds is 4.